The predicted molar refractivity (Wildman–Crippen MR) is 133 cm³/mol. The number of piperazine rings is 1. The molecule has 2 fully saturated rings. The largest absolute Gasteiger partial charge is 0.369 e. The maximum absolute atomic E-state index is 12.1. The Morgan fingerprint density at radius 1 is 1.06 bits per heavy atom. The van der Waals surface area contributed by atoms with Crippen molar-refractivity contribution in [1.29, 1.82) is 0 Å². The van der Waals surface area contributed by atoms with Gasteiger partial charge in [0.15, 0.2) is 0 Å². The number of thioether (sulfide) groups is 1. The summed E-state index contributed by atoms with van der Waals surface area (Å²) in [6.07, 6.45) is 0.720. The quantitative estimate of drug-likeness (QED) is 0.350. The van der Waals surface area contributed by atoms with Gasteiger partial charge in [0.25, 0.3) is 5.91 Å². The van der Waals surface area contributed by atoms with E-state index < -0.39 is 0 Å². The van der Waals surface area contributed by atoms with Gasteiger partial charge in [-0.1, -0.05) is 24.3 Å². The van der Waals surface area contributed by atoms with E-state index in [9.17, 15) is 9.59 Å². The van der Waals surface area contributed by atoms with E-state index in [-0.39, 0.29) is 16.7 Å². The molecule has 4 rings (SSSR count). The molecule has 3 amide bonds. The Labute approximate surface area is 199 Å². The molecule has 1 atom stereocenters. The Balaban J connectivity index is 1.66. The van der Waals surface area contributed by atoms with Crippen LogP contribution in [-0.4, -0.2) is 73.8 Å². The van der Waals surface area contributed by atoms with Crippen LogP contribution in [0.25, 0.3) is 0 Å². The van der Waals surface area contributed by atoms with Crippen molar-refractivity contribution < 1.29 is 9.59 Å². The smallest absolute Gasteiger partial charge is 0.314 e. The van der Waals surface area contributed by atoms with Crippen LogP contribution in [-0.2, 0) is 11.2 Å². The highest BCUT2D eigenvalue weighted by atomic mass is 32.2. The summed E-state index contributed by atoms with van der Waals surface area (Å²) in [4.78, 5) is 30.4. The fraction of sp³-hybridized carbons (Fsp3) is 0.417. The van der Waals surface area contributed by atoms with Gasteiger partial charge in [-0.05, 0) is 48.9 Å². The fourth-order valence-electron chi connectivity index (χ4n) is 4.59. The van der Waals surface area contributed by atoms with Crippen molar-refractivity contribution in [3.05, 3.63) is 65.2 Å². The van der Waals surface area contributed by atoms with Crippen LogP contribution in [0.15, 0.2) is 48.5 Å². The second-order valence-corrected chi connectivity index (χ2v) is 10.3. The molecule has 0 bridgehead atoms. The summed E-state index contributed by atoms with van der Waals surface area (Å²) in [6, 6.07) is 15.8. The normalized spacial score (nSPS) is 21.6. The van der Waals surface area contributed by atoms with Crippen molar-refractivity contribution in [2.45, 2.75) is 11.2 Å². The number of benzene rings is 2. The summed E-state index contributed by atoms with van der Waals surface area (Å²) in [6.45, 7) is 5.28. The Hall–Kier alpha value is -2.75. The SMILES string of the molecule is CN1CCN(c2cccc(C3(Cc4ccc(C(=O)NN)cc4)CN(C(N)=O)CCS3)c2)CC1. The van der Waals surface area contributed by atoms with Crippen molar-refractivity contribution in [3.8, 4) is 0 Å². The number of hydrazine groups is 1. The standard InChI is InChI=1S/C24H32N6O2S/c1-28-9-11-29(12-10-28)21-4-2-3-20(15-21)24(17-30(23(25)32)13-14-33-24)16-18-5-7-19(8-6-18)22(31)27-26/h2-8,15H,9-14,16-17,26H2,1H3,(H2,25,32)(H,27,31). The van der Waals surface area contributed by atoms with Crippen LogP contribution >= 0.6 is 11.8 Å². The number of amides is 3. The number of urea groups is 1. The Morgan fingerprint density at radius 3 is 2.45 bits per heavy atom. The van der Waals surface area contributed by atoms with Crippen molar-refractivity contribution in [2.75, 3.05) is 57.0 Å². The lowest BCUT2D eigenvalue weighted by atomic mass is 9.89. The van der Waals surface area contributed by atoms with Gasteiger partial charge in [-0.2, -0.15) is 0 Å². The minimum Gasteiger partial charge on any atom is -0.369 e. The number of nitrogens with two attached hydrogens (primary N) is 2. The summed E-state index contributed by atoms with van der Waals surface area (Å²) in [5.74, 6) is 5.75. The van der Waals surface area contributed by atoms with Crippen molar-refractivity contribution >= 4 is 29.4 Å². The molecule has 0 aromatic heterocycles. The van der Waals surface area contributed by atoms with Gasteiger partial charge in [-0.15, -0.1) is 11.8 Å². The molecule has 8 nitrogen and oxygen atoms in total. The molecular formula is C24H32N6O2S. The first-order valence-corrected chi connectivity index (χ1v) is 12.2. The van der Waals surface area contributed by atoms with Crippen LogP contribution in [0.3, 0.4) is 0 Å². The second kappa shape index (κ2) is 10.0. The Kier molecular flexibility index (Phi) is 7.11. The summed E-state index contributed by atoms with van der Waals surface area (Å²) in [7, 11) is 2.16. The average Bonchev–Trinajstić information content (AvgIpc) is 2.84. The third-order valence-electron chi connectivity index (χ3n) is 6.58. The number of primary amides is 1. The lowest BCUT2D eigenvalue weighted by Crippen LogP contribution is -2.50. The first-order valence-electron chi connectivity index (χ1n) is 11.2. The van der Waals surface area contributed by atoms with Gasteiger partial charge in [0.2, 0.25) is 0 Å². The molecular weight excluding hydrogens is 436 g/mol. The first-order chi connectivity index (χ1) is 15.9. The van der Waals surface area contributed by atoms with Crippen LogP contribution in [0.1, 0.15) is 21.5 Å². The van der Waals surface area contributed by atoms with Gasteiger partial charge in [-0.3, -0.25) is 10.2 Å². The lowest BCUT2D eigenvalue weighted by Gasteiger charge is -2.43. The van der Waals surface area contributed by atoms with Crippen LogP contribution < -0.4 is 21.9 Å². The van der Waals surface area contributed by atoms with Crippen LogP contribution in [0.4, 0.5) is 10.5 Å². The molecule has 1 unspecified atom stereocenters. The zero-order chi connectivity index (χ0) is 23.4. The molecule has 2 aliphatic rings. The molecule has 2 aromatic carbocycles. The zero-order valence-corrected chi connectivity index (χ0v) is 19.8. The maximum Gasteiger partial charge on any atom is 0.314 e. The van der Waals surface area contributed by atoms with Gasteiger partial charge in [-0.25, -0.2) is 10.6 Å². The van der Waals surface area contributed by atoms with E-state index >= 15 is 0 Å². The summed E-state index contributed by atoms with van der Waals surface area (Å²) >= 11 is 1.88. The molecule has 0 spiro atoms. The number of nitrogen functional groups attached to an aromatic ring is 1. The first kappa shape index (κ1) is 23.4. The topological polar surface area (TPSA) is 108 Å². The summed E-state index contributed by atoms with van der Waals surface area (Å²) in [5, 5.41) is 0. The molecule has 176 valence electrons. The number of carbonyl (C=O) groups excluding carboxylic acids is 2. The third-order valence-corrected chi connectivity index (χ3v) is 8.02. The minimum absolute atomic E-state index is 0.317. The minimum atomic E-state index is -0.384. The number of carbonyl (C=O) groups is 2. The average molecular weight is 469 g/mol. The van der Waals surface area contributed by atoms with E-state index in [0.29, 0.717) is 18.7 Å². The fourth-order valence-corrected chi connectivity index (χ4v) is 6.11. The van der Waals surface area contributed by atoms with Crippen LogP contribution in [0, 0.1) is 0 Å². The van der Waals surface area contributed by atoms with Gasteiger partial charge >= 0.3 is 6.03 Å². The predicted octanol–water partition coefficient (Wildman–Crippen LogP) is 1.61. The van der Waals surface area contributed by atoms with Gasteiger partial charge < -0.3 is 20.4 Å². The van der Waals surface area contributed by atoms with Gasteiger partial charge in [0, 0.05) is 56.3 Å². The van der Waals surface area contributed by atoms with Gasteiger partial charge in [0.05, 0.1) is 4.75 Å². The van der Waals surface area contributed by atoms with Crippen molar-refractivity contribution in [1.82, 2.24) is 15.2 Å². The molecule has 2 aliphatic heterocycles. The van der Waals surface area contributed by atoms with E-state index in [1.807, 2.05) is 23.9 Å². The molecule has 0 radical (unpaired) electrons. The molecule has 5 N–H and O–H groups in total. The van der Waals surface area contributed by atoms with Gasteiger partial charge in [0.1, 0.15) is 0 Å². The van der Waals surface area contributed by atoms with Crippen LogP contribution in [0.5, 0.6) is 0 Å². The monoisotopic (exact) mass is 468 g/mol. The van der Waals surface area contributed by atoms with E-state index in [4.69, 9.17) is 11.6 Å². The number of hydrogen-bond acceptors (Lipinski definition) is 6. The molecule has 2 aromatic rings. The highest BCUT2D eigenvalue weighted by molar-refractivity contribution is 8.00. The molecule has 2 heterocycles. The number of nitrogens with zero attached hydrogens (tertiary/aromatic N) is 3. The molecule has 33 heavy (non-hydrogen) atoms. The van der Waals surface area contributed by atoms with E-state index in [2.05, 4.69) is 46.5 Å². The molecule has 9 heteroatoms. The Morgan fingerprint density at radius 2 is 1.79 bits per heavy atom. The molecule has 2 saturated heterocycles. The number of anilines is 1. The number of rotatable bonds is 5. The van der Waals surface area contributed by atoms with Crippen LogP contribution in [0.2, 0.25) is 0 Å². The number of nitrogens with one attached hydrogen (secondary N) is 1. The van der Waals surface area contributed by atoms with Crippen molar-refractivity contribution in [2.24, 2.45) is 11.6 Å². The number of likely N-dealkylation sites (N-methyl/N-ethyl adjacent to an activating group) is 1. The van der Waals surface area contributed by atoms with Crippen molar-refractivity contribution in [3.63, 3.8) is 0 Å². The molecule has 0 saturated carbocycles. The van der Waals surface area contributed by atoms with E-state index in [0.717, 1.165) is 43.9 Å². The lowest BCUT2D eigenvalue weighted by molar-refractivity contribution is 0.0953. The van der Waals surface area contributed by atoms with E-state index in [1.54, 1.807) is 17.0 Å². The zero-order valence-electron chi connectivity index (χ0n) is 19.0. The summed E-state index contributed by atoms with van der Waals surface area (Å²) < 4.78 is -0.326. The highest BCUT2D eigenvalue weighted by Crippen LogP contribution is 2.44. The maximum atomic E-state index is 12.1. The second-order valence-electron chi connectivity index (χ2n) is 8.79. The highest BCUT2D eigenvalue weighted by Gasteiger charge is 2.39. The van der Waals surface area contributed by atoms with E-state index in [1.165, 1.54) is 11.3 Å². The Bertz CT molecular complexity index is 993. The summed E-state index contributed by atoms with van der Waals surface area (Å²) in [5.41, 5.74) is 11.9. The number of hydrogen-bond donors (Lipinski definition) is 3. The third kappa shape index (κ3) is 5.26. The molecule has 0 aliphatic carbocycles.